The Morgan fingerprint density at radius 3 is 3.00 bits per heavy atom. The lowest BCUT2D eigenvalue weighted by atomic mass is 10.3. The third-order valence-electron chi connectivity index (χ3n) is 1.69. The van der Waals surface area contributed by atoms with Crippen molar-refractivity contribution in [2.24, 2.45) is 0 Å². The highest BCUT2D eigenvalue weighted by atomic mass is 15.1. The zero-order valence-electron chi connectivity index (χ0n) is 7.03. The fourth-order valence-corrected chi connectivity index (χ4v) is 0.992. The van der Waals surface area contributed by atoms with Gasteiger partial charge in [0.2, 0.25) is 6.33 Å². The van der Waals surface area contributed by atoms with E-state index in [1.54, 1.807) is 6.20 Å². The molecular weight excluding hydrogens is 136 g/mol. The highest BCUT2D eigenvalue weighted by molar-refractivity contribution is 5.12. The average Bonchev–Trinajstić information content (AvgIpc) is 2.48. The quantitative estimate of drug-likeness (QED) is 0.579. The van der Waals surface area contributed by atoms with Crippen molar-refractivity contribution in [2.45, 2.75) is 26.3 Å². The summed E-state index contributed by atoms with van der Waals surface area (Å²) >= 11 is 0. The molecule has 0 aliphatic heterocycles. The molecule has 2 nitrogen and oxygen atoms in total. The SMILES string of the molecule is C=Cn1cc[n+](CCCC)c1. The minimum Gasteiger partial charge on any atom is -0.236 e. The molecule has 11 heavy (non-hydrogen) atoms. The summed E-state index contributed by atoms with van der Waals surface area (Å²) in [6, 6.07) is 0. The zero-order chi connectivity index (χ0) is 8.10. The molecule has 0 saturated heterocycles. The fourth-order valence-electron chi connectivity index (χ4n) is 0.992. The Balaban J connectivity index is 2.51. The highest BCUT2D eigenvalue weighted by Gasteiger charge is 1.97. The van der Waals surface area contributed by atoms with Crippen molar-refractivity contribution in [3.8, 4) is 0 Å². The molecule has 1 rings (SSSR count). The second-order valence-corrected chi connectivity index (χ2v) is 2.63. The molecule has 0 radical (unpaired) electrons. The van der Waals surface area contributed by atoms with Gasteiger partial charge in [-0.3, -0.25) is 0 Å². The number of unbranched alkanes of at least 4 members (excludes halogenated alkanes) is 1. The van der Waals surface area contributed by atoms with E-state index in [0.29, 0.717) is 0 Å². The Morgan fingerprint density at radius 2 is 2.45 bits per heavy atom. The van der Waals surface area contributed by atoms with Crippen molar-refractivity contribution in [1.82, 2.24) is 4.57 Å². The van der Waals surface area contributed by atoms with Gasteiger partial charge in [0, 0.05) is 0 Å². The molecule has 2 heteroatoms. The van der Waals surface area contributed by atoms with Crippen molar-refractivity contribution in [3.05, 3.63) is 25.3 Å². The number of nitrogens with zero attached hydrogens (tertiary/aromatic N) is 2. The molecule has 0 atom stereocenters. The molecule has 1 heterocycles. The third kappa shape index (κ3) is 2.22. The van der Waals surface area contributed by atoms with Crippen LogP contribution in [0.5, 0.6) is 0 Å². The normalized spacial score (nSPS) is 9.91. The number of aryl methyl sites for hydroxylation is 1. The predicted octanol–water partition coefficient (Wildman–Crippen LogP) is 1.68. The van der Waals surface area contributed by atoms with Crippen LogP contribution < -0.4 is 4.57 Å². The molecule has 60 valence electrons. The molecular formula is C9H15N2+. The van der Waals surface area contributed by atoms with Crippen molar-refractivity contribution < 1.29 is 4.57 Å². The van der Waals surface area contributed by atoms with E-state index in [1.807, 2.05) is 17.1 Å². The molecule has 0 N–H and O–H groups in total. The summed E-state index contributed by atoms with van der Waals surface area (Å²) in [6.07, 6.45) is 10.4. The maximum atomic E-state index is 3.67. The minimum absolute atomic E-state index is 1.11. The smallest absolute Gasteiger partial charge is 0.236 e. The lowest BCUT2D eigenvalue weighted by molar-refractivity contribution is -0.696. The predicted molar refractivity (Wildman–Crippen MR) is 45.9 cm³/mol. The summed E-state index contributed by atoms with van der Waals surface area (Å²) in [5.41, 5.74) is 0. The number of rotatable bonds is 4. The van der Waals surface area contributed by atoms with E-state index in [4.69, 9.17) is 0 Å². The Labute approximate surface area is 67.8 Å². The van der Waals surface area contributed by atoms with Crippen molar-refractivity contribution in [2.75, 3.05) is 0 Å². The van der Waals surface area contributed by atoms with Gasteiger partial charge in [0.05, 0.1) is 12.7 Å². The third-order valence-corrected chi connectivity index (χ3v) is 1.69. The van der Waals surface area contributed by atoms with E-state index in [1.165, 1.54) is 12.8 Å². The molecule has 0 fully saturated rings. The first kappa shape index (κ1) is 8.05. The standard InChI is InChI=1S/C9H15N2/c1-3-5-6-11-8-7-10(4-2)9-11/h4,7-9H,2-3,5-6H2,1H3/q+1. The Morgan fingerprint density at radius 1 is 1.64 bits per heavy atom. The van der Waals surface area contributed by atoms with Gasteiger partial charge in [-0.1, -0.05) is 19.9 Å². The van der Waals surface area contributed by atoms with E-state index < -0.39 is 0 Å². The van der Waals surface area contributed by atoms with Crippen LogP contribution in [-0.2, 0) is 6.54 Å². The van der Waals surface area contributed by atoms with E-state index in [-0.39, 0.29) is 0 Å². The fraction of sp³-hybridized carbons (Fsp3) is 0.444. The van der Waals surface area contributed by atoms with E-state index in [0.717, 1.165) is 6.54 Å². The van der Waals surface area contributed by atoms with Crippen LogP contribution in [0.3, 0.4) is 0 Å². The molecule has 0 spiro atoms. The molecule has 0 aliphatic rings. The average molecular weight is 151 g/mol. The molecule has 0 aromatic carbocycles. The van der Waals surface area contributed by atoms with Crippen molar-refractivity contribution in [1.29, 1.82) is 0 Å². The van der Waals surface area contributed by atoms with Crippen LogP contribution in [0.2, 0.25) is 0 Å². The van der Waals surface area contributed by atoms with Gasteiger partial charge in [-0.15, -0.1) is 0 Å². The van der Waals surface area contributed by atoms with Crippen molar-refractivity contribution in [3.63, 3.8) is 0 Å². The van der Waals surface area contributed by atoms with Crippen LogP contribution in [-0.4, -0.2) is 4.57 Å². The van der Waals surface area contributed by atoms with Crippen LogP contribution >= 0.6 is 0 Å². The summed E-state index contributed by atoms with van der Waals surface area (Å²) in [4.78, 5) is 0. The van der Waals surface area contributed by atoms with Gasteiger partial charge in [0.15, 0.2) is 0 Å². The number of hydrogen-bond donors (Lipinski definition) is 0. The molecule has 0 saturated carbocycles. The second kappa shape index (κ2) is 3.96. The van der Waals surface area contributed by atoms with Crippen LogP contribution in [0.1, 0.15) is 19.8 Å². The first-order valence-corrected chi connectivity index (χ1v) is 4.06. The van der Waals surface area contributed by atoms with Crippen LogP contribution in [0.4, 0.5) is 0 Å². The Kier molecular flexibility index (Phi) is 2.90. The lowest BCUT2D eigenvalue weighted by Crippen LogP contribution is -2.30. The Bertz CT molecular complexity index is 225. The Hall–Kier alpha value is -1.05. The van der Waals surface area contributed by atoms with Crippen LogP contribution in [0, 0.1) is 0 Å². The lowest BCUT2D eigenvalue weighted by Gasteiger charge is -1.90. The van der Waals surface area contributed by atoms with E-state index >= 15 is 0 Å². The topological polar surface area (TPSA) is 8.81 Å². The van der Waals surface area contributed by atoms with Gasteiger partial charge in [-0.05, 0) is 6.42 Å². The van der Waals surface area contributed by atoms with Crippen molar-refractivity contribution >= 4 is 6.20 Å². The molecule has 1 aromatic heterocycles. The van der Waals surface area contributed by atoms with Gasteiger partial charge in [-0.25, -0.2) is 9.13 Å². The summed E-state index contributed by atoms with van der Waals surface area (Å²) in [5, 5.41) is 0. The summed E-state index contributed by atoms with van der Waals surface area (Å²) in [7, 11) is 0. The maximum absolute atomic E-state index is 3.67. The first-order valence-electron chi connectivity index (χ1n) is 4.06. The van der Waals surface area contributed by atoms with Gasteiger partial charge in [0.1, 0.15) is 12.4 Å². The monoisotopic (exact) mass is 151 g/mol. The van der Waals surface area contributed by atoms with Gasteiger partial charge in [-0.2, -0.15) is 0 Å². The minimum atomic E-state index is 1.11. The van der Waals surface area contributed by atoms with Crippen LogP contribution in [0.25, 0.3) is 6.20 Å². The number of hydrogen-bond acceptors (Lipinski definition) is 0. The van der Waals surface area contributed by atoms with Gasteiger partial charge in [0.25, 0.3) is 0 Å². The molecule has 0 bridgehead atoms. The summed E-state index contributed by atoms with van der Waals surface area (Å²) in [6.45, 7) is 6.98. The molecule has 1 aromatic rings. The summed E-state index contributed by atoms with van der Waals surface area (Å²) in [5.74, 6) is 0. The molecule has 0 unspecified atom stereocenters. The number of imidazole rings is 1. The maximum Gasteiger partial charge on any atom is 0.248 e. The van der Waals surface area contributed by atoms with E-state index in [9.17, 15) is 0 Å². The van der Waals surface area contributed by atoms with Gasteiger partial charge < -0.3 is 0 Å². The molecule has 0 aliphatic carbocycles. The number of aromatic nitrogens is 2. The second-order valence-electron chi connectivity index (χ2n) is 2.63. The van der Waals surface area contributed by atoms with Crippen LogP contribution in [0.15, 0.2) is 25.3 Å². The van der Waals surface area contributed by atoms with E-state index in [2.05, 4.69) is 24.3 Å². The largest absolute Gasteiger partial charge is 0.248 e. The highest BCUT2D eigenvalue weighted by Crippen LogP contribution is 1.88. The first-order chi connectivity index (χ1) is 5.36. The van der Waals surface area contributed by atoms with Gasteiger partial charge >= 0.3 is 0 Å². The summed E-state index contributed by atoms with van der Waals surface area (Å²) < 4.78 is 4.13. The zero-order valence-corrected chi connectivity index (χ0v) is 7.03. The molecule has 0 amide bonds.